The fourth-order valence-corrected chi connectivity index (χ4v) is 3.18. The molecule has 3 rings (SSSR count). The summed E-state index contributed by atoms with van der Waals surface area (Å²) in [5, 5.41) is 1.32. The van der Waals surface area contributed by atoms with Crippen LogP contribution in [0.15, 0.2) is 36.4 Å². The zero-order valence-electron chi connectivity index (χ0n) is 11.4. The topological polar surface area (TPSA) is 47.3 Å². The van der Waals surface area contributed by atoms with E-state index in [-0.39, 0.29) is 6.04 Å². The van der Waals surface area contributed by atoms with E-state index in [2.05, 4.69) is 11.5 Å². The van der Waals surface area contributed by atoms with Crippen molar-refractivity contribution in [2.75, 3.05) is 6.61 Å². The van der Waals surface area contributed by atoms with Crippen LogP contribution in [0.4, 0.5) is 0 Å². The summed E-state index contributed by atoms with van der Waals surface area (Å²) in [5.74, 6) is 6.69. The quantitative estimate of drug-likeness (QED) is 0.666. The number of hydrazine groups is 1. The molecule has 3 nitrogen and oxygen atoms in total. The van der Waals surface area contributed by atoms with Gasteiger partial charge in [0.1, 0.15) is 5.75 Å². The first-order valence-corrected chi connectivity index (χ1v) is 7.59. The molecule has 3 N–H and O–H groups in total. The van der Waals surface area contributed by atoms with Gasteiger partial charge in [-0.1, -0.05) is 41.4 Å². The Balaban J connectivity index is 1.89. The average molecular weight is 323 g/mol. The molecule has 2 aromatic carbocycles. The lowest BCUT2D eigenvalue weighted by molar-refractivity contribution is 0.356. The van der Waals surface area contributed by atoms with Crippen LogP contribution in [-0.4, -0.2) is 6.61 Å². The van der Waals surface area contributed by atoms with Gasteiger partial charge in [-0.05, 0) is 41.3 Å². The lowest BCUT2D eigenvalue weighted by Crippen LogP contribution is -2.29. The molecule has 0 aromatic heterocycles. The van der Waals surface area contributed by atoms with Crippen molar-refractivity contribution >= 4 is 23.2 Å². The van der Waals surface area contributed by atoms with Gasteiger partial charge < -0.3 is 4.74 Å². The van der Waals surface area contributed by atoms with Crippen molar-refractivity contribution in [2.45, 2.75) is 18.9 Å². The van der Waals surface area contributed by atoms with Gasteiger partial charge in [0.15, 0.2) is 0 Å². The molecule has 0 spiro atoms. The van der Waals surface area contributed by atoms with Crippen LogP contribution in [0.2, 0.25) is 10.0 Å². The normalized spacial score (nSPS) is 14.6. The van der Waals surface area contributed by atoms with Gasteiger partial charge in [-0.15, -0.1) is 0 Å². The second kappa shape index (κ2) is 6.24. The number of nitrogens with one attached hydrogen (secondary N) is 1. The van der Waals surface area contributed by atoms with Crippen LogP contribution in [0.5, 0.6) is 5.75 Å². The molecule has 2 aromatic rings. The first-order chi connectivity index (χ1) is 10.2. The Labute approximate surface area is 134 Å². The van der Waals surface area contributed by atoms with Crippen LogP contribution >= 0.6 is 23.2 Å². The zero-order valence-corrected chi connectivity index (χ0v) is 12.9. The first-order valence-electron chi connectivity index (χ1n) is 6.83. The minimum Gasteiger partial charge on any atom is -0.493 e. The second-order valence-corrected chi connectivity index (χ2v) is 5.90. The number of benzene rings is 2. The van der Waals surface area contributed by atoms with Gasteiger partial charge >= 0.3 is 0 Å². The smallest absolute Gasteiger partial charge is 0.122 e. The van der Waals surface area contributed by atoms with Crippen molar-refractivity contribution in [3.05, 3.63) is 63.1 Å². The Morgan fingerprint density at radius 3 is 2.67 bits per heavy atom. The molecule has 1 atom stereocenters. The van der Waals surface area contributed by atoms with Crippen molar-refractivity contribution in [3.8, 4) is 5.75 Å². The van der Waals surface area contributed by atoms with Gasteiger partial charge in [0, 0.05) is 16.5 Å². The highest BCUT2D eigenvalue weighted by Crippen LogP contribution is 2.32. The third-order valence-electron chi connectivity index (χ3n) is 3.79. The summed E-state index contributed by atoms with van der Waals surface area (Å²) in [5.41, 5.74) is 6.09. The third kappa shape index (κ3) is 3.01. The highest BCUT2D eigenvalue weighted by molar-refractivity contribution is 6.36. The van der Waals surface area contributed by atoms with E-state index < -0.39 is 0 Å². The van der Waals surface area contributed by atoms with E-state index in [1.165, 1.54) is 5.56 Å². The molecular formula is C16H16Cl2N2O. The van der Waals surface area contributed by atoms with Gasteiger partial charge in [-0.2, -0.15) is 0 Å². The van der Waals surface area contributed by atoms with Gasteiger partial charge in [0.05, 0.1) is 12.6 Å². The standard InChI is InChI=1S/C16H16Cl2N2O/c17-13-2-1-3-14(18)12(13)9-15(20-19)10-4-5-16-11(8-10)6-7-21-16/h1-5,8,15,20H,6-7,9,19H2. The van der Waals surface area contributed by atoms with Gasteiger partial charge in [0.2, 0.25) is 0 Å². The Hall–Kier alpha value is -1.26. The maximum Gasteiger partial charge on any atom is 0.122 e. The first kappa shape index (κ1) is 14.7. The summed E-state index contributed by atoms with van der Waals surface area (Å²) >= 11 is 12.5. The second-order valence-electron chi connectivity index (χ2n) is 5.09. The number of halogens is 2. The van der Waals surface area contributed by atoms with E-state index in [0.717, 1.165) is 29.9 Å². The summed E-state index contributed by atoms with van der Waals surface area (Å²) in [7, 11) is 0. The molecule has 1 aliphatic heterocycles. The van der Waals surface area contributed by atoms with Crippen LogP contribution < -0.4 is 16.0 Å². The predicted octanol–water partition coefficient (Wildman–Crippen LogP) is 3.68. The Morgan fingerprint density at radius 1 is 1.19 bits per heavy atom. The minimum atomic E-state index is -0.0479. The van der Waals surface area contributed by atoms with Crippen molar-refractivity contribution in [1.82, 2.24) is 5.43 Å². The Morgan fingerprint density at radius 2 is 1.95 bits per heavy atom. The molecular weight excluding hydrogens is 307 g/mol. The molecule has 1 unspecified atom stereocenters. The zero-order chi connectivity index (χ0) is 14.8. The highest BCUT2D eigenvalue weighted by atomic mass is 35.5. The third-order valence-corrected chi connectivity index (χ3v) is 4.50. The molecule has 5 heteroatoms. The Kier molecular flexibility index (Phi) is 4.36. The van der Waals surface area contributed by atoms with E-state index in [1.807, 2.05) is 30.3 Å². The molecule has 0 aliphatic carbocycles. The number of rotatable bonds is 4. The molecule has 1 aliphatic rings. The summed E-state index contributed by atoms with van der Waals surface area (Å²) in [6, 6.07) is 11.6. The van der Waals surface area contributed by atoms with Crippen LogP contribution in [0.1, 0.15) is 22.7 Å². The van der Waals surface area contributed by atoms with Gasteiger partial charge in [0.25, 0.3) is 0 Å². The van der Waals surface area contributed by atoms with Crippen LogP contribution in [-0.2, 0) is 12.8 Å². The van der Waals surface area contributed by atoms with Crippen LogP contribution in [0.25, 0.3) is 0 Å². The van der Waals surface area contributed by atoms with Crippen molar-refractivity contribution in [3.63, 3.8) is 0 Å². The number of hydrogen-bond acceptors (Lipinski definition) is 3. The number of hydrogen-bond donors (Lipinski definition) is 2. The summed E-state index contributed by atoms with van der Waals surface area (Å²) in [4.78, 5) is 0. The number of fused-ring (bicyclic) bond motifs is 1. The molecule has 110 valence electrons. The fraction of sp³-hybridized carbons (Fsp3) is 0.250. The van der Waals surface area contributed by atoms with Crippen LogP contribution in [0, 0.1) is 0 Å². The molecule has 0 radical (unpaired) electrons. The average Bonchev–Trinajstić information content (AvgIpc) is 2.94. The molecule has 1 heterocycles. The molecule has 21 heavy (non-hydrogen) atoms. The number of ether oxygens (including phenoxy) is 1. The molecule has 0 saturated carbocycles. The van der Waals surface area contributed by atoms with E-state index in [9.17, 15) is 0 Å². The molecule has 0 bridgehead atoms. The maximum absolute atomic E-state index is 6.24. The monoisotopic (exact) mass is 322 g/mol. The van der Waals surface area contributed by atoms with E-state index in [4.69, 9.17) is 33.8 Å². The molecule has 0 amide bonds. The highest BCUT2D eigenvalue weighted by Gasteiger charge is 2.18. The maximum atomic E-state index is 6.24. The van der Waals surface area contributed by atoms with Gasteiger partial charge in [-0.3, -0.25) is 11.3 Å². The van der Waals surface area contributed by atoms with E-state index in [1.54, 1.807) is 0 Å². The Bertz CT molecular complexity index is 640. The van der Waals surface area contributed by atoms with Crippen molar-refractivity contribution in [1.29, 1.82) is 0 Å². The molecule has 0 saturated heterocycles. The minimum absolute atomic E-state index is 0.0479. The summed E-state index contributed by atoms with van der Waals surface area (Å²) in [6.45, 7) is 0.746. The summed E-state index contributed by atoms with van der Waals surface area (Å²) < 4.78 is 5.53. The van der Waals surface area contributed by atoms with Crippen molar-refractivity contribution in [2.24, 2.45) is 5.84 Å². The van der Waals surface area contributed by atoms with Crippen LogP contribution in [0.3, 0.4) is 0 Å². The lowest BCUT2D eigenvalue weighted by Gasteiger charge is -2.18. The lowest BCUT2D eigenvalue weighted by atomic mass is 9.97. The number of nitrogens with two attached hydrogens (primary N) is 1. The SMILES string of the molecule is NNC(Cc1c(Cl)cccc1Cl)c1ccc2c(c1)CCO2. The van der Waals surface area contributed by atoms with E-state index in [0.29, 0.717) is 16.5 Å². The summed E-state index contributed by atoms with van der Waals surface area (Å²) in [6.07, 6.45) is 1.57. The molecule has 0 fully saturated rings. The van der Waals surface area contributed by atoms with E-state index >= 15 is 0 Å². The van der Waals surface area contributed by atoms with Crippen molar-refractivity contribution < 1.29 is 4.74 Å². The predicted molar refractivity (Wildman–Crippen MR) is 85.9 cm³/mol. The fourth-order valence-electron chi connectivity index (χ4n) is 2.63. The van der Waals surface area contributed by atoms with Gasteiger partial charge in [-0.25, -0.2) is 0 Å². The largest absolute Gasteiger partial charge is 0.493 e.